The first-order valence-corrected chi connectivity index (χ1v) is 14.9. The molecule has 1 amide bonds. The van der Waals surface area contributed by atoms with E-state index >= 15 is 0 Å². The molecule has 0 bridgehead atoms. The third kappa shape index (κ3) is 4.99. The molecule has 4 heterocycles. The van der Waals surface area contributed by atoms with Gasteiger partial charge in [0, 0.05) is 52.0 Å². The van der Waals surface area contributed by atoms with E-state index in [0.29, 0.717) is 62.0 Å². The highest BCUT2D eigenvalue weighted by Crippen LogP contribution is 2.31. The van der Waals surface area contributed by atoms with E-state index in [4.69, 9.17) is 15.1 Å². The number of anilines is 4. The fraction of sp³-hybridized carbons (Fsp3) is 0. The van der Waals surface area contributed by atoms with Crippen molar-refractivity contribution in [3.63, 3.8) is 0 Å². The summed E-state index contributed by atoms with van der Waals surface area (Å²) < 4.78 is 33.4. The van der Waals surface area contributed by atoms with E-state index < -0.39 is 10.0 Å². The molecule has 0 saturated heterocycles. The van der Waals surface area contributed by atoms with E-state index in [0.717, 1.165) is 3.97 Å². The summed E-state index contributed by atoms with van der Waals surface area (Å²) in [6.45, 7) is 0. The number of pyridine rings is 1. The van der Waals surface area contributed by atoms with E-state index in [1.165, 1.54) is 12.5 Å². The zero-order chi connectivity index (χ0) is 30.3. The number of furan rings is 1. The maximum Gasteiger partial charge on any atom is 0.269 e. The number of amides is 1. The molecule has 216 valence electrons. The van der Waals surface area contributed by atoms with Gasteiger partial charge in [0.2, 0.25) is 5.95 Å². The third-order valence-electron chi connectivity index (χ3n) is 6.92. The second-order valence-corrected chi connectivity index (χ2v) is 11.7. The molecule has 0 fully saturated rings. The Morgan fingerprint density at radius 2 is 1.66 bits per heavy atom. The van der Waals surface area contributed by atoms with E-state index in [9.17, 15) is 13.2 Å². The van der Waals surface area contributed by atoms with Crippen molar-refractivity contribution < 1.29 is 17.6 Å². The molecule has 44 heavy (non-hydrogen) atoms. The molecule has 0 aliphatic rings. The molecule has 7 aromatic rings. The molecule has 0 spiro atoms. The van der Waals surface area contributed by atoms with Gasteiger partial charge in [-0.3, -0.25) is 4.79 Å². The van der Waals surface area contributed by atoms with Gasteiger partial charge in [-0.05, 0) is 66.7 Å². The number of fused-ring (bicyclic) bond motifs is 2. The number of nitrogens with zero attached hydrogens (tertiary/aromatic N) is 4. The number of benzene rings is 3. The Bertz CT molecular complexity index is 2280. The molecule has 0 aliphatic carbocycles. The lowest BCUT2D eigenvalue weighted by Crippen LogP contribution is -2.12. The third-order valence-corrected chi connectivity index (χ3v) is 8.60. The maximum absolute atomic E-state index is 13.2. The Morgan fingerprint density at radius 1 is 0.864 bits per heavy atom. The van der Waals surface area contributed by atoms with E-state index in [1.54, 1.807) is 97.2 Å². The summed E-state index contributed by atoms with van der Waals surface area (Å²) in [5, 5.41) is 6.69. The summed E-state index contributed by atoms with van der Waals surface area (Å²) in [7, 11) is -3.83. The quantitative estimate of drug-likeness (QED) is 0.185. The Kier molecular flexibility index (Phi) is 6.52. The number of aromatic nitrogens is 4. The second kappa shape index (κ2) is 10.7. The number of nitrogens with one attached hydrogen (secondary N) is 2. The van der Waals surface area contributed by atoms with Gasteiger partial charge < -0.3 is 20.8 Å². The molecule has 0 saturated carbocycles. The van der Waals surface area contributed by atoms with Gasteiger partial charge in [-0.2, -0.15) is 0 Å². The number of rotatable bonds is 7. The first-order chi connectivity index (χ1) is 21.3. The molecule has 12 heteroatoms. The van der Waals surface area contributed by atoms with Crippen molar-refractivity contribution in [1.29, 1.82) is 0 Å². The van der Waals surface area contributed by atoms with Crippen LogP contribution in [0, 0.1) is 0 Å². The number of nitrogens with two attached hydrogens (primary N) is 1. The van der Waals surface area contributed by atoms with Gasteiger partial charge in [0.1, 0.15) is 11.2 Å². The van der Waals surface area contributed by atoms with Crippen molar-refractivity contribution in [2.75, 3.05) is 16.4 Å². The van der Waals surface area contributed by atoms with Crippen molar-refractivity contribution in [1.82, 2.24) is 18.9 Å². The highest BCUT2D eigenvalue weighted by molar-refractivity contribution is 7.90. The molecule has 11 nitrogen and oxygen atoms in total. The summed E-state index contributed by atoms with van der Waals surface area (Å²) in [4.78, 5) is 26.6. The zero-order valence-electron chi connectivity index (χ0n) is 22.9. The molecule has 3 aromatic carbocycles. The van der Waals surface area contributed by atoms with Crippen LogP contribution in [0.25, 0.3) is 33.4 Å². The number of hydrogen-bond donors (Lipinski definition) is 3. The molecule has 0 radical (unpaired) electrons. The standard InChI is InChI=1S/C32H23N7O4S/c33-23-11-9-20(10-12-23)31(40)35-24-5-4-6-25(18-24)36-32-37-27-14-16-43-29(27)28(38-32)22-17-21-13-15-39(30(21)34-19-22)44(41,42)26-7-2-1-3-8-26/h1-19H,33H2,(H,35,40)(H,36,37,38). The summed E-state index contributed by atoms with van der Waals surface area (Å²) in [6.07, 6.45) is 4.56. The lowest BCUT2D eigenvalue weighted by molar-refractivity contribution is 0.102. The monoisotopic (exact) mass is 601 g/mol. The fourth-order valence-corrected chi connectivity index (χ4v) is 6.12. The van der Waals surface area contributed by atoms with Gasteiger partial charge in [-0.15, -0.1) is 0 Å². The lowest BCUT2D eigenvalue weighted by Gasteiger charge is -2.11. The Balaban J connectivity index is 1.19. The SMILES string of the molecule is Nc1ccc(C(=O)Nc2cccc(Nc3nc(-c4cnc5c(ccn5S(=O)(=O)c5ccccc5)c4)c4occc4n3)c2)cc1. The lowest BCUT2D eigenvalue weighted by atomic mass is 10.1. The van der Waals surface area contributed by atoms with Crippen LogP contribution in [0.15, 0.2) is 125 Å². The van der Waals surface area contributed by atoms with E-state index in [1.807, 2.05) is 6.07 Å². The van der Waals surface area contributed by atoms with Crippen molar-refractivity contribution in [3.8, 4) is 11.3 Å². The molecule has 4 N–H and O–H groups in total. The van der Waals surface area contributed by atoms with Crippen molar-refractivity contribution in [2.45, 2.75) is 4.90 Å². The molecule has 7 rings (SSSR count). The molecular formula is C32H23N7O4S. The van der Waals surface area contributed by atoms with Gasteiger partial charge in [0.05, 0.1) is 11.2 Å². The van der Waals surface area contributed by atoms with Crippen molar-refractivity contribution in [2.24, 2.45) is 0 Å². The molecule has 0 unspecified atom stereocenters. The van der Waals surface area contributed by atoms with Crippen LogP contribution in [-0.4, -0.2) is 33.2 Å². The molecule has 0 atom stereocenters. The first kappa shape index (κ1) is 26.9. The Labute approximate surface area is 251 Å². The van der Waals surface area contributed by atoms with E-state index in [2.05, 4.69) is 20.6 Å². The van der Waals surface area contributed by atoms with Crippen LogP contribution < -0.4 is 16.4 Å². The average molecular weight is 602 g/mol. The molecule has 0 aliphatic heterocycles. The van der Waals surface area contributed by atoms with Crippen LogP contribution in [0.5, 0.6) is 0 Å². The minimum Gasteiger partial charge on any atom is -0.460 e. The number of carbonyl (C=O) groups excluding carboxylic acids is 1. The zero-order valence-corrected chi connectivity index (χ0v) is 23.7. The minimum absolute atomic E-state index is 0.168. The summed E-state index contributed by atoms with van der Waals surface area (Å²) in [6, 6.07) is 27.2. The molecular weight excluding hydrogens is 578 g/mol. The summed E-state index contributed by atoms with van der Waals surface area (Å²) in [5.74, 6) is 0.0222. The first-order valence-electron chi connectivity index (χ1n) is 13.4. The number of carbonyl (C=O) groups is 1. The van der Waals surface area contributed by atoms with Gasteiger partial charge in [-0.1, -0.05) is 24.3 Å². The normalized spacial score (nSPS) is 11.5. The van der Waals surface area contributed by atoms with Crippen LogP contribution in [0.3, 0.4) is 0 Å². The van der Waals surface area contributed by atoms with Gasteiger partial charge >= 0.3 is 0 Å². The number of nitrogen functional groups attached to an aromatic ring is 1. The average Bonchev–Trinajstić information content (AvgIpc) is 3.69. The highest BCUT2D eigenvalue weighted by atomic mass is 32.2. The highest BCUT2D eigenvalue weighted by Gasteiger charge is 2.21. The van der Waals surface area contributed by atoms with E-state index in [-0.39, 0.29) is 10.8 Å². The fourth-order valence-electron chi connectivity index (χ4n) is 4.79. The van der Waals surface area contributed by atoms with Crippen LogP contribution >= 0.6 is 0 Å². The predicted molar refractivity (Wildman–Crippen MR) is 168 cm³/mol. The maximum atomic E-state index is 13.2. The predicted octanol–water partition coefficient (Wildman–Crippen LogP) is 6.05. The second-order valence-electron chi connectivity index (χ2n) is 9.88. The minimum atomic E-state index is -3.83. The smallest absolute Gasteiger partial charge is 0.269 e. The summed E-state index contributed by atoms with van der Waals surface area (Å²) in [5.41, 5.74) is 10.4. The molecule has 4 aromatic heterocycles. The number of hydrogen-bond acceptors (Lipinski definition) is 9. The van der Waals surface area contributed by atoms with Crippen LogP contribution in [-0.2, 0) is 10.0 Å². The Hall–Kier alpha value is -6.01. The Morgan fingerprint density at radius 3 is 2.48 bits per heavy atom. The van der Waals surface area contributed by atoms with Crippen molar-refractivity contribution >= 4 is 61.1 Å². The van der Waals surface area contributed by atoms with Gasteiger partial charge in [-0.25, -0.2) is 27.3 Å². The van der Waals surface area contributed by atoms with Crippen LogP contribution in [0.2, 0.25) is 0 Å². The summed E-state index contributed by atoms with van der Waals surface area (Å²) >= 11 is 0. The topological polar surface area (TPSA) is 158 Å². The van der Waals surface area contributed by atoms with Crippen LogP contribution in [0.1, 0.15) is 10.4 Å². The van der Waals surface area contributed by atoms with Crippen LogP contribution in [0.4, 0.5) is 23.0 Å². The van der Waals surface area contributed by atoms with Gasteiger partial charge in [0.25, 0.3) is 15.9 Å². The van der Waals surface area contributed by atoms with Crippen molar-refractivity contribution in [3.05, 3.63) is 121 Å². The largest absolute Gasteiger partial charge is 0.460 e. The van der Waals surface area contributed by atoms with Gasteiger partial charge in [0.15, 0.2) is 11.2 Å².